The van der Waals surface area contributed by atoms with E-state index in [1.807, 2.05) is 0 Å². The van der Waals surface area contributed by atoms with Gasteiger partial charge in [0.2, 0.25) is 0 Å². The van der Waals surface area contributed by atoms with Gasteiger partial charge in [-0.05, 0) is 45.3 Å². The van der Waals surface area contributed by atoms with Crippen LogP contribution in [-0.2, 0) is 26.2 Å². The molecular weight excluding hydrogens is 199 g/mol. The molecule has 10 heavy (non-hydrogen) atoms. The molecule has 0 radical (unpaired) electrons. The van der Waals surface area contributed by atoms with E-state index in [-0.39, 0.29) is 26.2 Å². The molecule has 0 spiro atoms. The summed E-state index contributed by atoms with van der Waals surface area (Å²) in [5.41, 5.74) is 6.11. The summed E-state index contributed by atoms with van der Waals surface area (Å²) in [4.78, 5) is 0. The molecule has 0 N–H and O–H groups in total. The zero-order chi connectivity index (χ0) is 7.02. The van der Waals surface area contributed by atoms with Crippen molar-refractivity contribution in [3.8, 4) is 0 Å². The minimum Gasteiger partial charge on any atom is -0.0661 e. The molecule has 0 aromatic heterocycles. The topological polar surface area (TPSA) is 0 Å². The van der Waals surface area contributed by atoms with Crippen molar-refractivity contribution in [2.75, 3.05) is 0 Å². The molecule has 0 saturated heterocycles. The van der Waals surface area contributed by atoms with Crippen molar-refractivity contribution in [2.45, 2.75) is 34.1 Å². The largest absolute Gasteiger partial charge is 4.00 e. The van der Waals surface area contributed by atoms with Crippen LogP contribution in [0.3, 0.4) is 0 Å². The van der Waals surface area contributed by atoms with E-state index < -0.39 is 0 Å². The second-order valence-corrected chi connectivity index (χ2v) is 2.99. The summed E-state index contributed by atoms with van der Waals surface area (Å²) in [6.45, 7) is 8.85. The number of rotatable bonds is 0. The van der Waals surface area contributed by atoms with Crippen LogP contribution in [0.1, 0.15) is 34.1 Å². The van der Waals surface area contributed by atoms with E-state index in [0.717, 1.165) is 0 Å². The maximum atomic E-state index is 2.22. The molecule has 0 aromatic carbocycles. The van der Waals surface area contributed by atoms with Crippen molar-refractivity contribution in [3.05, 3.63) is 22.3 Å². The van der Waals surface area contributed by atoms with Crippen LogP contribution < -0.4 is 0 Å². The summed E-state index contributed by atoms with van der Waals surface area (Å²) in [5.74, 6) is 0. The van der Waals surface area contributed by atoms with Crippen LogP contribution in [0.25, 0.3) is 0 Å². The van der Waals surface area contributed by atoms with Gasteiger partial charge in [-0.2, -0.15) is 0 Å². The van der Waals surface area contributed by atoms with Crippen molar-refractivity contribution >= 4 is 0 Å². The number of allylic oxidation sites excluding steroid dienone is 4. The summed E-state index contributed by atoms with van der Waals surface area (Å²) in [6, 6.07) is 0. The maximum absolute atomic E-state index is 2.22. The van der Waals surface area contributed by atoms with Gasteiger partial charge < -0.3 is 0 Å². The van der Waals surface area contributed by atoms with Gasteiger partial charge in [0.25, 0.3) is 0 Å². The first-order chi connectivity index (χ1) is 4.13. The van der Waals surface area contributed by atoms with Crippen molar-refractivity contribution in [2.24, 2.45) is 0 Å². The van der Waals surface area contributed by atoms with Crippen LogP contribution in [0.2, 0.25) is 0 Å². The Kier molecular flexibility index (Phi) is 3.80. The van der Waals surface area contributed by atoms with E-state index in [1.165, 1.54) is 17.6 Å². The first-order valence-electron chi connectivity index (χ1n) is 3.46. The zero-order valence-corrected chi connectivity index (χ0v) is 9.67. The first-order valence-corrected chi connectivity index (χ1v) is 3.46. The van der Waals surface area contributed by atoms with Crippen LogP contribution in [0.5, 0.6) is 0 Å². The van der Waals surface area contributed by atoms with Gasteiger partial charge in [0.1, 0.15) is 0 Å². The molecule has 0 amide bonds. The minimum absolute atomic E-state index is 0. The van der Waals surface area contributed by atoms with Gasteiger partial charge >= 0.3 is 26.2 Å². The van der Waals surface area contributed by atoms with Crippen LogP contribution in [0.4, 0.5) is 0 Å². The number of hydrogen-bond acceptors (Lipinski definition) is 0. The van der Waals surface area contributed by atoms with E-state index in [4.69, 9.17) is 0 Å². The van der Waals surface area contributed by atoms with Gasteiger partial charge in [0.05, 0.1) is 0 Å². The van der Waals surface area contributed by atoms with Gasteiger partial charge in [0, 0.05) is 0 Å². The Morgan fingerprint density at radius 2 is 1.10 bits per heavy atom. The summed E-state index contributed by atoms with van der Waals surface area (Å²) in [7, 11) is 0. The molecule has 0 bridgehead atoms. The second kappa shape index (κ2) is 3.67. The van der Waals surface area contributed by atoms with Gasteiger partial charge in [-0.3, -0.25) is 0 Å². The number of hydrogen-bond donors (Lipinski definition) is 0. The molecule has 0 aromatic rings. The van der Waals surface area contributed by atoms with Crippen LogP contribution in [0, 0.1) is 0 Å². The Labute approximate surface area is 82.5 Å². The van der Waals surface area contributed by atoms with E-state index in [9.17, 15) is 0 Å². The Bertz CT molecular complexity index is 175. The summed E-state index contributed by atoms with van der Waals surface area (Å²) in [6.07, 6.45) is 1.21. The predicted molar refractivity (Wildman–Crippen MR) is 41.4 cm³/mol. The third-order valence-corrected chi connectivity index (χ3v) is 2.37. The fraction of sp³-hybridized carbons (Fsp3) is 0.556. The minimum atomic E-state index is 0. The summed E-state index contributed by atoms with van der Waals surface area (Å²) in [5, 5.41) is 0. The smallest absolute Gasteiger partial charge is 0.0661 e. The van der Waals surface area contributed by atoms with Crippen LogP contribution in [-0.4, -0.2) is 0 Å². The van der Waals surface area contributed by atoms with E-state index in [2.05, 4.69) is 27.7 Å². The molecule has 0 heterocycles. The maximum Gasteiger partial charge on any atom is 4.00 e. The van der Waals surface area contributed by atoms with Gasteiger partial charge in [0.15, 0.2) is 0 Å². The Hall–Kier alpha value is 0.363. The summed E-state index contributed by atoms with van der Waals surface area (Å²) < 4.78 is 0. The fourth-order valence-corrected chi connectivity index (χ4v) is 1.30. The SMILES string of the molecule is CC1=C(C)C(C)=C(C)C1.[Zr+4]. The average Bonchev–Trinajstić information content (AvgIpc) is 1.98. The van der Waals surface area contributed by atoms with E-state index in [0.29, 0.717) is 0 Å². The first kappa shape index (κ1) is 10.4. The molecule has 0 atom stereocenters. The predicted octanol–water partition coefficient (Wildman–Crippen LogP) is 3.06. The molecule has 1 rings (SSSR count). The molecule has 1 aliphatic rings. The molecule has 0 aliphatic heterocycles. The van der Waals surface area contributed by atoms with Crippen LogP contribution >= 0.6 is 0 Å². The third kappa shape index (κ3) is 1.69. The Balaban J connectivity index is 0.000000810. The van der Waals surface area contributed by atoms with Gasteiger partial charge in [-0.1, -0.05) is 11.1 Å². The third-order valence-electron chi connectivity index (χ3n) is 2.37. The van der Waals surface area contributed by atoms with E-state index >= 15 is 0 Å². The Morgan fingerprint density at radius 1 is 0.800 bits per heavy atom. The monoisotopic (exact) mass is 212 g/mol. The zero-order valence-electron chi connectivity index (χ0n) is 7.21. The molecule has 0 saturated carbocycles. The molecule has 1 heteroatoms. The van der Waals surface area contributed by atoms with Gasteiger partial charge in [-0.15, -0.1) is 0 Å². The molecular formula is C9H14Zr+4. The normalized spacial score (nSPS) is 18.0. The van der Waals surface area contributed by atoms with Crippen molar-refractivity contribution < 1.29 is 26.2 Å². The van der Waals surface area contributed by atoms with Gasteiger partial charge in [-0.25, -0.2) is 0 Å². The quantitative estimate of drug-likeness (QED) is 0.580. The van der Waals surface area contributed by atoms with Crippen LogP contribution in [0.15, 0.2) is 22.3 Å². The summed E-state index contributed by atoms with van der Waals surface area (Å²) >= 11 is 0. The molecule has 0 nitrogen and oxygen atoms in total. The molecule has 0 fully saturated rings. The second-order valence-electron chi connectivity index (χ2n) is 2.99. The van der Waals surface area contributed by atoms with Crippen molar-refractivity contribution in [3.63, 3.8) is 0 Å². The van der Waals surface area contributed by atoms with E-state index in [1.54, 1.807) is 11.1 Å². The average molecular weight is 213 g/mol. The van der Waals surface area contributed by atoms with Crippen molar-refractivity contribution in [1.82, 2.24) is 0 Å². The van der Waals surface area contributed by atoms with Crippen molar-refractivity contribution in [1.29, 1.82) is 0 Å². The molecule has 1 aliphatic carbocycles. The Morgan fingerprint density at radius 3 is 1.20 bits per heavy atom. The fourth-order valence-electron chi connectivity index (χ4n) is 1.30. The molecule has 0 unspecified atom stereocenters. The molecule has 50 valence electrons. The standard InChI is InChI=1S/C9H14.Zr/c1-6-5-7(2)9(4)8(6)3;/h5H2,1-4H3;/q;+4.